The first-order chi connectivity index (χ1) is 8.99. The van der Waals surface area contributed by atoms with Crippen molar-refractivity contribution in [3.8, 4) is 12.3 Å². The van der Waals surface area contributed by atoms with Crippen molar-refractivity contribution < 1.29 is 9.72 Å². The highest BCUT2D eigenvalue weighted by Gasteiger charge is 2.15. The Labute approximate surface area is 112 Å². The first kappa shape index (κ1) is 14.7. The summed E-state index contributed by atoms with van der Waals surface area (Å²) in [7, 11) is 0. The molecule has 0 saturated heterocycles. The van der Waals surface area contributed by atoms with Crippen LogP contribution in [0.3, 0.4) is 0 Å². The van der Waals surface area contributed by atoms with Crippen LogP contribution >= 0.6 is 0 Å². The molecule has 0 saturated carbocycles. The molecule has 0 heterocycles. The van der Waals surface area contributed by atoms with E-state index < -0.39 is 4.92 Å². The topological polar surface area (TPSA) is 72.2 Å². The molecule has 19 heavy (non-hydrogen) atoms. The number of nitrogens with one attached hydrogen (secondary N) is 1. The van der Waals surface area contributed by atoms with E-state index in [0.29, 0.717) is 17.5 Å². The molecule has 100 valence electrons. The zero-order valence-electron chi connectivity index (χ0n) is 11.0. The highest BCUT2D eigenvalue weighted by Crippen LogP contribution is 2.18. The Balaban J connectivity index is 2.87. The second-order valence-electron chi connectivity index (χ2n) is 4.24. The molecule has 0 radical (unpaired) electrons. The quantitative estimate of drug-likeness (QED) is 0.502. The predicted octanol–water partition coefficient (Wildman–Crippen LogP) is 2.43. The summed E-state index contributed by atoms with van der Waals surface area (Å²) in [6.07, 6.45) is 6.90. The standard InChI is InChI=1S/C14H16N2O3/c1-4-6-12(5-2)15-14(17)11-7-8-13(16(18)19)10(3)9-11/h2,7-9,12H,4,6H2,1,3H3,(H,15,17). The Morgan fingerprint density at radius 2 is 2.26 bits per heavy atom. The molecule has 5 heteroatoms. The van der Waals surface area contributed by atoms with E-state index in [4.69, 9.17) is 6.42 Å². The molecule has 0 aliphatic heterocycles. The van der Waals surface area contributed by atoms with E-state index in [1.54, 1.807) is 6.92 Å². The summed E-state index contributed by atoms with van der Waals surface area (Å²) < 4.78 is 0. The molecule has 1 N–H and O–H groups in total. The van der Waals surface area contributed by atoms with Gasteiger partial charge in [0.15, 0.2) is 0 Å². The normalized spacial score (nSPS) is 11.4. The number of amides is 1. The van der Waals surface area contributed by atoms with Crippen molar-refractivity contribution in [2.24, 2.45) is 0 Å². The van der Waals surface area contributed by atoms with Gasteiger partial charge in [-0.15, -0.1) is 6.42 Å². The van der Waals surface area contributed by atoms with Crippen molar-refractivity contribution in [3.05, 3.63) is 39.4 Å². The Bertz CT molecular complexity index is 532. The number of hydrogen-bond acceptors (Lipinski definition) is 3. The average molecular weight is 260 g/mol. The van der Waals surface area contributed by atoms with Crippen molar-refractivity contribution in [1.82, 2.24) is 5.32 Å². The van der Waals surface area contributed by atoms with Crippen LogP contribution in [0.4, 0.5) is 5.69 Å². The molecule has 0 aromatic heterocycles. The third-order valence-corrected chi connectivity index (χ3v) is 2.74. The minimum atomic E-state index is -0.474. The second-order valence-corrected chi connectivity index (χ2v) is 4.24. The van der Waals surface area contributed by atoms with Crippen LogP contribution in [0.5, 0.6) is 0 Å². The van der Waals surface area contributed by atoms with Crippen molar-refractivity contribution >= 4 is 11.6 Å². The molecule has 1 unspecified atom stereocenters. The summed E-state index contributed by atoms with van der Waals surface area (Å²) in [5, 5.41) is 13.4. The molecule has 1 rings (SSSR count). The van der Waals surface area contributed by atoms with Crippen molar-refractivity contribution in [2.45, 2.75) is 32.7 Å². The van der Waals surface area contributed by atoms with Gasteiger partial charge < -0.3 is 5.32 Å². The molecule has 0 fully saturated rings. The van der Waals surface area contributed by atoms with Gasteiger partial charge in [-0.25, -0.2) is 0 Å². The highest BCUT2D eigenvalue weighted by atomic mass is 16.6. The number of benzene rings is 1. The summed E-state index contributed by atoms with van der Waals surface area (Å²) >= 11 is 0. The number of hydrogen-bond donors (Lipinski definition) is 1. The molecule has 0 bridgehead atoms. The van der Waals surface area contributed by atoms with Crippen molar-refractivity contribution in [3.63, 3.8) is 0 Å². The van der Waals surface area contributed by atoms with Crippen molar-refractivity contribution in [2.75, 3.05) is 0 Å². The van der Waals surface area contributed by atoms with E-state index in [0.717, 1.165) is 6.42 Å². The first-order valence-corrected chi connectivity index (χ1v) is 6.01. The molecule has 1 atom stereocenters. The number of rotatable bonds is 5. The van der Waals surface area contributed by atoms with Crippen LogP contribution in [0.25, 0.3) is 0 Å². The zero-order chi connectivity index (χ0) is 14.4. The van der Waals surface area contributed by atoms with Crippen LogP contribution in [-0.2, 0) is 0 Å². The monoisotopic (exact) mass is 260 g/mol. The lowest BCUT2D eigenvalue weighted by Crippen LogP contribution is -2.33. The number of nitro benzene ring substituents is 1. The zero-order valence-corrected chi connectivity index (χ0v) is 11.0. The minimum absolute atomic E-state index is 0.00129. The van der Waals surface area contributed by atoms with E-state index in [2.05, 4.69) is 11.2 Å². The number of aryl methyl sites for hydroxylation is 1. The summed E-state index contributed by atoms with van der Waals surface area (Å²) in [4.78, 5) is 22.2. The van der Waals surface area contributed by atoms with Crippen molar-refractivity contribution in [1.29, 1.82) is 0 Å². The molecular weight excluding hydrogens is 244 g/mol. The van der Waals surface area contributed by atoms with E-state index in [-0.39, 0.29) is 17.6 Å². The van der Waals surface area contributed by atoms with Crippen LogP contribution in [-0.4, -0.2) is 16.9 Å². The van der Waals surface area contributed by atoms with E-state index in [1.165, 1.54) is 18.2 Å². The fourth-order valence-electron chi connectivity index (χ4n) is 1.73. The molecule has 1 aromatic rings. The Morgan fingerprint density at radius 1 is 1.58 bits per heavy atom. The summed E-state index contributed by atoms with van der Waals surface area (Å²) in [6, 6.07) is 3.94. The third kappa shape index (κ3) is 3.81. The van der Waals surface area contributed by atoms with Gasteiger partial charge in [0.2, 0.25) is 0 Å². The number of nitro groups is 1. The van der Waals surface area contributed by atoms with Gasteiger partial charge >= 0.3 is 0 Å². The number of carbonyl (C=O) groups is 1. The van der Waals surface area contributed by atoms with Crippen LogP contribution < -0.4 is 5.32 Å². The molecule has 5 nitrogen and oxygen atoms in total. The SMILES string of the molecule is C#CC(CCC)NC(=O)c1ccc([N+](=O)[O-])c(C)c1. The molecule has 1 amide bonds. The lowest BCUT2D eigenvalue weighted by Gasteiger charge is -2.12. The van der Waals surface area contributed by atoms with Gasteiger partial charge in [-0.1, -0.05) is 19.3 Å². The molecular formula is C14H16N2O3. The number of carbonyl (C=O) groups excluding carboxylic acids is 1. The van der Waals surface area contributed by atoms with Gasteiger partial charge in [0.25, 0.3) is 11.6 Å². The largest absolute Gasteiger partial charge is 0.338 e. The summed E-state index contributed by atoms with van der Waals surface area (Å²) in [5.41, 5.74) is 0.823. The highest BCUT2D eigenvalue weighted by molar-refractivity contribution is 5.95. The summed E-state index contributed by atoms with van der Waals surface area (Å²) in [5.74, 6) is 2.20. The Kier molecular flexibility index (Phi) is 5.07. The van der Waals surface area contributed by atoms with Crippen LogP contribution in [0.15, 0.2) is 18.2 Å². The number of terminal acetylenes is 1. The Hall–Kier alpha value is -2.35. The van der Waals surface area contributed by atoms with E-state index >= 15 is 0 Å². The Morgan fingerprint density at radius 3 is 2.74 bits per heavy atom. The fourth-order valence-corrected chi connectivity index (χ4v) is 1.73. The first-order valence-electron chi connectivity index (χ1n) is 6.01. The smallest absolute Gasteiger partial charge is 0.272 e. The van der Waals surface area contributed by atoms with E-state index in [1.807, 2.05) is 6.92 Å². The van der Waals surface area contributed by atoms with Crippen LogP contribution in [0.1, 0.15) is 35.7 Å². The van der Waals surface area contributed by atoms with E-state index in [9.17, 15) is 14.9 Å². The predicted molar refractivity (Wildman–Crippen MR) is 72.8 cm³/mol. The third-order valence-electron chi connectivity index (χ3n) is 2.74. The van der Waals surface area contributed by atoms with Gasteiger partial charge in [-0.3, -0.25) is 14.9 Å². The fraction of sp³-hybridized carbons (Fsp3) is 0.357. The summed E-state index contributed by atoms with van der Waals surface area (Å²) in [6.45, 7) is 3.58. The van der Waals surface area contributed by atoms with Gasteiger partial charge in [-0.05, 0) is 25.5 Å². The van der Waals surface area contributed by atoms with Gasteiger partial charge in [0.05, 0.1) is 11.0 Å². The molecule has 0 aliphatic carbocycles. The minimum Gasteiger partial charge on any atom is -0.338 e. The maximum absolute atomic E-state index is 11.9. The lowest BCUT2D eigenvalue weighted by molar-refractivity contribution is -0.385. The lowest BCUT2D eigenvalue weighted by atomic mass is 10.1. The van der Waals surface area contributed by atoms with Gasteiger partial charge in [-0.2, -0.15) is 0 Å². The molecule has 1 aromatic carbocycles. The number of nitrogens with zero attached hydrogens (tertiary/aromatic N) is 1. The molecule has 0 spiro atoms. The maximum Gasteiger partial charge on any atom is 0.272 e. The molecule has 0 aliphatic rings. The van der Waals surface area contributed by atoms with Gasteiger partial charge in [0, 0.05) is 17.2 Å². The average Bonchev–Trinajstić information content (AvgIpc) is 2.37. The van der Waals surface area contributed by atoms with Crippen LogP contribution in [0, 0.1) is 29.4 Å². The second kappa shape index (κ2) is 6.55. The van der Waals surface area contributed by atoms with Gasteiger partial charge in [0.1, 0.15) is 0 Å². The maximum atomic E-state index is 11.9. The van der Waals surface area contributed by atoms with Crippen LogP contribution in [0.2, 0.25) is 0 Å².